The van der Waals surface area contributed by atoms with Crippen molar-refractivity contribution < 1.29 is 15.0 Å². The predicted octanol–water partition coefficient (Wildman–Crippen LogP) is 2.68. The lowest BCUT2D eigenvalue weighted by Crippen LogP contribution is -2.48. The fraction of sp³-hybridized carbons (Fsp3) is 0.650. The fourth-order valence-corrected chi connectivity index (χ4v) is 4.23. The Morgan fingerprint density at radius 3 is 2.46 bits per heavy atom. The van der Waals surface area contributed by atoms with Crippen LogP contribution in [0.2, 0.25) is 0 Å². The lowest BCUT2D eigenvalue weighted by molar-refractivity contribution is 0.0715. The van der Waals surface area contributed by atoms with Crippen LogP contribution in [-0.4, -0.2) is 76.8 Å². The van der Waals surface area contributed by atoms with Crippen LogP contribution in [0.25, 0.3) is 0 Å². The average molecular weight is 361 g/mol. The summed E-state index contributed by atoms with van der Waals surface area (Å²) in [6.45, 7) is 5.41. The molecule has 2 fully saturated rings. The first-order valence-corrected chi connectivity index (χ1v) is 9.69. The molecule has 2 aliphatic rings. The summed E-state index contributed by atoms with van der Waals surface area (Å²) in [6, 6.07) is 7.91. The van der Waals surface area contributed by atoms with Gasteiger partial charge in [0, 0.05) is 32.2 Å². The first-order chi connectivity index (χ1) is 12.5. The highest BCUT2D eigenvalue weighted by atomic mass is 16.4. The van der Waals surface area contributed by atoms with Gasteiger partial charge in [0.25, 0.3) is 0 Å². The zero-order valence-electron chi connectivity index (χ0n) is 15.7. The van der Waals surface area contributed by atoms with E-state index < -0.39 is 6.09 Å². The van der Waals surface area contributed by atoms with E-state index in [9.17, 15) is 15.0 Å². The Kier molecular flexibility index (Phi) is 6.38. The highest BCUT2D eigenvalue weighted by Gasteiger charge is 2.29. The molecule has 0 aromatic heterocycles. The van der Waals surface area contributed by atoms with Gasteiger partial charge >= 0.3 is 6.09 Å². The third-order valence-electron chi connectivity index (χ3n) is 5.88. The van der Waals surface area contributed by atoms with Crippen LogP contribution in [0, 0.1) is 5.92 Å². The van der Waals surface area contributed by atoms with Crippen molar-refractivity contribution in [3.05, 3.63) is 29.8 Å². The minimum Gasteiger partial charge on any atom is -0.508 e. The second kappa shape index (κ2) is 8.73. The third-order valence-corrected chi connectivity index (χ3v) is 5.88. The highest BCUT2D eigenvalue weighted by molar-refractivity contribution is 5.65. The summed E-state index contributed by atoms with van der Waals surface area (Å²) in [5, 5.41) is 19.0. The van der Waals surface area contributed by atoms with Gasteiger partial charge in [-0.05, 0) is 69.4 Å². The molecule has 144 valence electrons. The molecule has 1 aromatic rings. The number of phenols is 1. The predicted molar refractivity (Wildman–Crippen MR) is 101 cm³/mol. The minimum absolute atomic E-state index is 0.308. The monoisotopic (exact) mass is 361 g/mol. The van der Waals surface area contributed by atoms with Crippen LogP contribution in [0.3, 0.4) is 0 Å². The lowest BCUT2D eigenvalue weighted by atomic mass is 9.94. The van der Waals surface area contributed by atoms with Gasteiger partial charge in [0.05, 0.1) is 0 Å². The van der Waals surface area contributed by atoms with Gasteiger partial charge in [0.1, 0.15) is 5.75 Å². The van der Waals surface area contributed by atoms with Crippen molar-refractivity contribution in [3.8, 4) is 5.75 Å². The summed E-state index contributed by atoms with van der Waals surface area (Å²) >= 11 is 0. The van der Waals surface area contributed by atoms with Crippen LogP contribution in [0.5, 0.6) is 5.75 Å². The van der Waals surface area contributed by atoms with Gasteiger partial charge < -0.3 is 20.0 Å². The van der Waals surface area contributed by atoms with Crippen molar-refractivity contribution in [3.63, 3.8) is 0 Å². The van der Waals surface area contributed by atoms with E-state index in [-0.39, 0.29) is 0 Å². The Morgan fingerprint density at radius 1 is 1.15 bits per heavy atom. The highest BCUT2D eigenvalue weighted by Crippen LogP contribution is 2.25. The zero-order valence-corrected chi connectivity index (χ0v) is 15.7. The quantitative estimate of drug-likeness (QED) is 0.844. The molecule has 0 radical (unpaired) electrons. The lowest BCUT2D eigenvalue weighted by Gasteiger charge is -2.40. The number of hydrogen-bond acceptors (Lipinski definition) is 4. The number of likely N-dealkylation sites (tertiary alicyclic amines) is 2. The average Bonchev–Trinajstić information content (AvgIpc) is 2.63. The van der Waals surface area contributed by atoms with Crippen LogP contribution >= 0.6 is 0 Å². The molecule has 0 aliphatic carbocycles. The molecule has 26 heavy (non-hydrogen) atoms. The number of nitrogens with zero attached hydrogens (tertiary/aromatic N) is 3. The smallest absolute Gasteiger partial charge is 0.407 e. The number of carboxylic acid groups (broad SMARTS) is 1. The van der Waals surface area contributed by atoms with E-state index in [0.717, 1.165) is 44.6 Å². The van der Waals surface area contributed by atoms with Gasteiger partial charge in [-0.25, -0.2) is 4.79 Å². The molecule has 0 spiro atoms. The molecule has 0 atom stereocenters. The van der Waals surface area contributed by atoms with Crippen LogP contribution in [0.4, 0.5) is 4.79 Å². The van der Waals surface area contributed by atoms with E-state index in [1.807, 2.05) is 12.1 Å². The van der Waals surface area contributed by atoms with Crippen LogP contribution in [0.1, 0.15) is 31.2 Å². The Hall–Kier alpha value is -1.79. The van der Waals surface area contributed by atoms with Crippen molar-refractivity contribution in [2.45, 2.75) is 38.3 Å². The summed E-state index contributed by atoms with van der Waals surface area (Å²) in [6.07, 6.45) is 3.41. The summed E-state index contributed by atoms with van der Waals surface area (Å²) in [5.74, 6) is 1.00. The molecule has 1 aromatic carbocycles. The van der Waals surface area contributed by atoms with Gasteiger partial charge in [-0.2, -0.15) is 0 Å². The fourth-order valence-electron chi connectivity index (χ4n) is 4.23. The number of benzene rings is 1. The summed E-state index contributed by atoms with van der Waals surface area (Å²) in [5.41, 5.74) is 1.12. The Balaban J connectivity index is 1.66. The first kappa shape index (κ1) is 19.0. The number of amides is 1. The first-order valence-electron chi connectivity index (χ1n) is 9.69. The van der Waals surface area contributed by atoms with E-state index in [1.54, 1.807) is 6.07 Å². The topological polar surface area (TPSA) is 67.2 Å². The second-order valence-electron chi connectivity index (χ2n) is 7.85. The normalized spacial score (nSPS) is 20.6. The summed E-state index contributed by atoms with van der Waals surface area (Å²) in [7, 11) is 2.18. The van der Waals surface area contributed by atoms with Crippen LogP contribution < -0.4 is 0 Å². The SMILES string of the molecule is CN1CCC(CN(Cc2cccc(O)c2)C2CCN(C(=O)O)CC2)CC1. The minimum atomic E-state index is -0.807. The molecule has 0 unspecified atom stereocenters. The molecule has 2 aliphatic heterocycles. The molecule has 6 heteroatoms. The van der Waals surface area contributed by atoms with Crippen molar-refractivity contribution in [1.82, 2.24) is 14.7 Å². The van der Waals surface area contributed by atoms with Gasteiger partial charge in [0.15, 0.2) is 0 Å². The van der Waals surface area contributed by atoms with Gasteiger partial charge in [0.2, 0.25) is 0 Å². The Labute approximate surface area is 156 Å². The van der Waals surface area contributed by atoms with Crippen LogP contribution in [-0.2, 0) is 6.54 Å². The Morgan fingerprint density at radius 2 is 1.85 bits per heavy atom. The molecule has 2 saturated heterocycles. The Bertz CT molecular complexity index is 594. The molecular weight excluding hydrogens is 330 g/mol. The molecule has 0 bridgehead atoms. The number of hydrogen-bond donors (Lipinski definition) is 2. The number of phenolic OH excluding ortho intramolecular Hbond substituents is 1. The molecule has 3 rings (SSSR count). The number of carbonyl (C=O) groups is 1. The van der Waals surface area contributed by atoms with E-state index in [2.05, 4.69) is 22.9 Å². The van der Waals surface area contributed by atoms with E-state index in [1.165, 1.54) is 17.7 Å². The van der Waals surface area contributed by atoms with Crippen molar-refractivity contribution >= 4 is 6.09 Å². The largest absolute Gasteiger partial charge is 0.508 e. The van der Waals surface area contributed by atoms with Crippen molar-refractivity contribution in [1.29, 1.82) is 0 Å². The summed E-state index contributed by atoms with van der Waals surface area (Å²) < 4.78 is 0. The maximum absolute atomic E-state index is 11.2. The van der Waals surface area contributed by atoms with Crippen LogP contribution in [0.15, 0.2) is 24.3 Å². The molecule has 2 N–H and O–H groups in total. The zero-order chi connectivity index (χ0) is 18.5. The number of aromatic hydroxyl groups is 1. The van der Waals surface area contributed by atoms with Gasteiger partial charge in [-0.3, -0.25) is 4.90 Å². The van der Waals surface area contributed by atoms with Gasteiger partial charge in [-0.1, -0.05) is 12.1 Å². The standard InChI is InChI=1S/C20H31N3O3/c1-21-9-5-16(6-10-21)14-23(15-17-3-2-4-19(24)13-17)18-7-11-22(12-8-18)20(25)26/h2-4,13,16,18,24H,5-12,14-15H2,1H3,(H,25,26). The third kappa shape index (κ3) is 5.11. The van der Waals surface area contributed by atoms with E-state index in [4.69, 9.17) is 0 Å². The number of piperidine rings is 2. The van der Waals surface area contributed by atoms with Gasteiger partial charge in [-0.15, -0.1) is 0 Å². The molecular formula is C20H31N3O3. The second-order valence-corrected chi connectivity index (χ2v) is 7.85. The van der Waals surface area contributed by atoms with Crippen molar-refractivity contribution in [2.75, 3.05) is 39.8 Å². The molecule has 1 amide bonds. The maximum atomic E-state index is 11.2. The van der Waals surface area contributed by atoms with Crippen molar-refractivity contribution in [2.24, 2.45) is 5.92 Å². The summed E-state index contributed by atoms with van der Waals surface area (Å²) in [4.78, 5) is 17.6. The molecule has 6 nitrogen and oxygen atoms in total. The number of rotatable bonds is 5. The molecule has 0 saturated carbocycles. The van der Waals surface area contributed by atoms with E-state index >= 15 is 0 Å². The van der Waals surface area contributed by atoms with E-state index in [0.29, 0.717) is 30.8 Å². The molecule has 2 heterocycles. The maximum Gasteiger partial charge on any atom is 0.407 e.